The smallest absolute Gasteiger partial charge is 0.341 e. The molecular formula is C15H17NO6S. The van der Waals surface area contributed by atoms with Crippen LogP contribution in [0.2, 0.25) is 0 Å². The first kappa shape index (κ1) is 16.1. The van der Waals surface area contributed by atoms with E-state index < -0.39 is 29.7 Å². The molecule has 3 rings (SSSR count). The number of hydrogen-bond acceptors (Lipinski definition) is 7. The summed E-state index contributed by atoms with van der Waals surface area (Å²) in [5, 5.41) is 11.2. The summed E-state index contributed by atoms with van der Waals surface area (Å²) in [7, 11) is 0. The van der Waals surface area contributed by atoms with Gasteiger partial charge in [0.25, 0.3) is 0 Å². The Kier molecular flexibility index (Phi) is 4.22. The molecule has 23 heavy (non-hydrogen) atoms. The Balaban J connectivity index is 2.22. The maximum absolute atomic E-state index is 12.5. The molecular weight excluding hydrogens is 322 g/mol. The number of nitrogens with zero attached hydrogens (tertiary/aromatic N) is 1. The van der Waals surface area contributed by atoms with Crippen LogP contribution in [0.3, 0.4) is 0 Å². The Morgan fingerprint density at radius 1 is 1.35 bits per heavy atom. The molecule has 1 aliphatic carbocycles. The fraction of sp³-hybridized carbons (Fsp3) is 0.533. The van der Waals surface area contributed by atoms with Crippen LogP contribution in [0.5, 0.6) is 0 Å². The fourth-order valence-electron chi connectivity index (χ4n) is 3.05. The van der Waals surface area contributed by atoms with Gasteiger partial charge in [0, 0.05) is 11.3 Å². The molecule has 1 N–H and O–H groups in total. The lowest BCUT2D eigenvalue weighted by atomic mass is 9.81. The molecule has 2 heterocycles. The number of ketones is 1. The maximum Gasteiger partial charge on any atom is 0.341 e. The van der Waals surface area contributed by atoms with Gasteiger partial charge in [-0.25, -0.2) is 4.79 Å². The zero-order chi connectivity index (χ0) is 16.7. The number of hydroxylamine groups is 1. The topological polar surface area (TPSA) is 93.1 Å². The van der Waals surface area contributed by atoms with Crippen molar-refractivity contribution in [2.75, 3.05) is 18.3 Å². The fourth-order valence-corrected chi connectivity index (χ4v) is 4.43. The minimum atomic E-state index is -0.823. The summed E-state index contributed by atoms with van der Waals surface area (Å²) in [4.78, 5) is 43.3. The first-order valence-electron chi connectivity index (χ1n) is 7.51. The van der Waals surface area contributed by atoms with Gasteiger partial charge in [0.2, 0.25) is 5.78 Å². The molecule has 1 aromatic rings. The number of aliphatic hydroxyl groups is 1. The lowest BCUT2D eigenvalue weighted by molar-refractivity contribution is -0.141. The van der Waals surface area contributed by atoms with Crippen LogP contribution < -0.4 is 5.06 Å². The van der Waals surface area contributed by atoms with Gasteiger partial charge in [0.15, 0.2) is 0 Å². The predicted molar refractivity (Wildman–Crippen MR) is 81.5 cm³/mol. The Labute approximate surface area is 136 Å². The number of aliphatic hydroxyl groups excluding tert-OH is 1. The van der Waals surface area contributed by atoms with Crippen LogP contribution in [0.1, 0.15) is 47.0 Å². The number of carbonyl (C=O) groups is 3. The van der Waals surface area contributed by atoms with Crippen molar-refractivity contribution in [3.63, 3.8) is 0 Å². The van der Waals surface area contributed by atoms with Crippen molar-refractivity contribution in [2.24, 2.45) is 0 Å². The Morgan fingerprint density at radius 3 is 2.74 bits per heavy atom. The standard InChI is InChI=1S/C15H17NO6S/c1-3-21-15(20)11-10-8-5-7(17)6-9(10)23-14(11)16(22-4-2)13(19)12(8)18/h7-8,17H,3-6H2,1-2H3. The molecule has 2 atom stereocenters. The predicted octanol–water partition coefficient (Wildman–Crippen LogP) is 1.18. The van der Waals surface area contributed by atoms with Gasteiger partial charge in [-0.2, -0.15) is 5.06 Å². The van der Waals surface area contributed by atoms with Gasteiger partial charge in [-0.05, 0) is 25.8 Å². The number of carbonyl (C=O) groups excluding carboxylic acids is 3. The summed E-state index contributed by atoms with van der Waals surface area (Å²) >= 11 is 1.20. The highest BCUT2D eigenvalue weighted by molar-refractivity contribution is 7.17. The van der Waals surface area contributed by atoms with Crippen molar-refractivity contribution >= 4 is 34.0 Å². The molecule has 0 spiro atoms. The van der Waals surface area contributed by atoms with Crippen LogP contribution in [0.25, 0.3) is 0 Å². The van der Waals surface area contributed by atoms with E-state index in [-0.39, 0.29) is 30.2 Å². The summed E-state index contributed by atoms with van der Waals surface area (Å²) in [6.07, 6.45) is -0.228. The highest BCUT2D eigenvalue weighted by Crippen LogP contribution is 2.48. The number of thiophene rings is 1. The van der Waals surface area contributed by atoms with E-state index in [9.17, 15) is 19.5 Å². The number of rotatable bonds is 4. The number of Topliss-reactive ketones (excluding diaryl/α,β-unsaturated/α-hetero) is 1. The van der Waals surface area contributed by atoms with Crippen molar-refractivity contribution < 1.29 is 29.1 Å². The van der Waals surface area contributed by atoms with Crippen molar-refractivity contribution in [3.05, 3.63) is 16.0 Å². The van der Waals surface area contributed by atoms with E-state index in [0.29, 0.717) is 12.0 Å². The summed E-state index contributed by atoms with van der Waals surface area (Å²) < 4.78 is 5.10. The van der Waals surface area contributed by atoms with Crippen LogP contribution in [-0.4, -0.2) is 42.1 Å². The molecule has 124 valence electrons. The Bertz CT molecular complexity index is 682. The van der Waals surface area contributed by atoms with E-state index in [1.165, 1.54) is 11.3 Å². The number of amides is 1. The Morgan fingerprint density at radius 2 is 2.09 bits per heavy atom. The highest BCUT2D eigenvalue weighted by atomic mass is 32.1. The number of anilines is 1. The second-order valence-corrected chi connectivity index (χ2v) is 6.45. The number of hydrogen-bond donors (Lipinski definition) is 1. The third-order valence-electron chi connectivity index (χ3n) is 3.91. The van der Waals surface area contributed by atoms with E-state index in [2.05, 4.69) is 0 Å². The monoisotopic (exact) mass is 339 g/mol. The van der Waals surface area contributed by atoms with Crippen LogP contribution in [-0.2, 0) is 25.6 Å². The van der Waals surface area contributed by atoms with Crippen LogP contribution in [0, 0.1) is 0 Å². The zero-order valence-corrected chi connectivity index (χ0v) is 13.6. The normalized spacial score (nSPS) is 23.0. The molecule has 0 saturated carbocycles. The van der Waals surface area contributed by atoms with Gasteiger partial charge in [0.05, 0.1) is 25.2 Å². The summed E-state index contributed by atoms with van der Waals surface area (Å²) in [6, 6.07) is 0. The molecule has 2 aliphatic rings. The van der Waals surface area contributed by atoms with Crippen molar-refractivity contribution in [2.45, 2.75) is 38.7 Å². The average Bonchev–Trinajstić information content (AvgIpc) is 2.86. The summed E-state index contributed by atoms with van der Waals surface area (Å²) in [5.74, 6) is -2.88. The van der Waals surface area contributed by atoms with E-state index in [0.717, 1.165) is 9.94 Å². The van der Waals surface area contributed by atoms with Gasteiger partial charge >= 0.3 is 11.9 Å². The average molecular weight is 339 g/mol. The third kappa shape index (κ3) is 2.46. The molecule has 7 nitrogen and oxygen atoms in total. The van der Waals surface area contributed by atoms with E-state index in [1.54, 1.807) is 13.8 Å². The molecule has 1 aromatic heterocycles. The van der Waals surface area contributed by atoms with Gasteiger partial charge < -0.3 is 9.84 Å². The molecule has 1 aliphatic heterocycles. The molecule has 1 amide bonds. The molecule has 0 radical (unpaired) electrons. The first-order valence-corrected chi connectivity index (χ1v) is 8.33. The highest BCUT2D eigenvalue weighted by Gasteiger charge is 2.47. The van der Waals surface area contributed by atoms with Crippen molar-refractivity contribution in [1.82, 2.24) is 0 Å². The molecule has 0 saturated heterocycles. The lowest BCUT2D eigenvalue weighted by Gasteiger charge is -2.26. The summed E-state index contributed by atoms with van der Waals surface area (Å²) in [6.45, 7) is 3.74. The SMILES string of the molecule is CCOC(=O)c1c2sc3c1C(CC(O)C3)C(=O)C(=O)N2OCC. The van der Waals surface area contributed by atoms with Crippen molar-refractivity contribution in [3.8, 4) is 0 Å². The Hall–Kier alpha value is -1.77. The van der Waals surface area contributed by atoms with Crippen LogP contribution >= 0.6 is 11.3 Å². The van der Waals surface area contributed by atoms with E-state index in [1.807, 2.05) is 0 Å². The molecule has 0 aromatic carbocycles. The van der Waals surface area contributed by atoms with Crippen molar-refractivity contribution in [1.29, 1.82) is 0 Å². The maximum atomic E-state index is 12.5. The molecule has 2 unspecified atom stereocenters. The minimum Gasteiger partial charge on any atom is -0.462 e. The number of esters is 1. The molecule has 0 fully saturated rings. The van der Waals surface area contributed by atoms with E-state index >= 15 is 0 Å². The van der Waals surface area contributed by atoms with Gasteiger partial charge in [-0.1, -0.05) is 0 Å². The lowest BCUT2D eigenvalue weighted by Crippen LogP contribution is -2.40. The van der Waals surface area contributed by atoms with Crippen LogP contribution in [0.15, 0.2) is 0 Å². The van der Waals surface area contributed by atoms with Gasteiger partial charge in [-0.15, -0.1) is 11.3 Å². The quantitative estimate of drug-likeness (QED) is 0.654. The molecule has 8 heteroatoms. The van der Waals surface area contributed by atoms with Gasteiger partial charge in [-0.3, -0.25) is 14.4 Å². The zero-order valence-electron chi connectivity index (χ0n) is 12.8. The third-order valence-corrected chi connectivity index (χ3v) is 5.11. The van der Waals surface area contributed by atoms with E-state index in [4.69, 9.17) is 9.57 Å². The number of ether oxygens (including phenoxy) is 1. The van der Waals surface area contributed by atoms with Crippen LogP contribution in [0.4, 0.5) is 5.00 Å². The largest absolute Gasteiger partial charge is 0.462 e. The second kappa shape index (κ2) is 6.03. The number of fused-ring (bicyclic) bond motifs is 1. The minimum absolute atomic E-state index is 0.125. The second-order valence-electron chi connectivity index (χ2n) is 5.37. The first-order chi connectivity index (χ1) is 11.0. The molecule has 2 bridgehead atoms. The summed E-state index contributed by atoms with van der Waals surface area (Å²) in [5.41, 5.74) is 0.741. The van der Waals surface area contributed by atoms with Gasteiger partial charge in [0.1, 0.15) is 10.6 Å².